The molecule has 0 aliphatic heterocycles. The van der Waals surface area contributed by atoms with Gasteiger partial charge in [0.05, 0.1) is 16.3 Å². The molecule has 21 heavy (non-hydrogen) atoms. The third kappa shape index (κ3) is 3.34. The molecule has 2 rings (SSSR count). The number of amides is 1. The van der Waals surface area contributed by atoms with Gasteiger partial charge in [-0.3, -0.25) is 4.79 Å². The Balaban J connectivity index is 2.36. The lowest BCUT2D eigenvalue weighted by Crippen LogP contribution is -2.18. The highest BCUT2D eigenvalue weighted by Gasteiger charge is 2.16. The van der Waals surface area contributed by atoms with Gasteiger partial charge in [0.2, 0.25) is 0 Å². The summed E-state index contributed by atoms with van der Waals surface area (Å²) in [6.45, 7) is 0. The summed E-state index contributed by atoms with van der Waals surface area (Å²) in [6, 6.07) is 7.42. The minimum Gasteiger partial charge on any atom is -0.389 e. The van der Waals surface area contributed by atoms with E-state index in [1.165, 1.54) is 18.2 Å². The van der Waals surface area contributed by atoms with Crippen molar-refractivity contribution in [2.45, 2.75) is 0 Å². The minimum absolute atomic E-state index is 0.0464. The van der Waals surface area contributed by atoms with Crippen molar-refractivity contribution in [3.05, 3.63) is 64.2 Å². The lowest BCUT2D eigenvalue weighted by atomic mass is 10.1. The molecule has 3 nitrogen and oxygen atoms in total. The first-order chi connectivity index (χ1) is 9.90. The summed E-state index contributed by atoms with van der Waals surface area (Å²) < 4.78 is 26.5. The number of benzene rings is 2. The molecule has 0 saturated carbocycles. The van der Waals surface area contributed by atoms with Crippen LogP contribution >= 0.6 is 23.8 Å². The fraction of sp³-hybridized carbons (Fsp3) is 0. The van der Waals surface area contributed by atoms with Gasteiger partial charge in [-0.15, -0.1) is 0 Å². The lowest BCUT2D eigenvalue weighted by Gasteiger charge is -2.11. The van der Waals surface area contributed by atoms with Gasteiger partial charge in [-0.05, 0) is 30.3 Å². The minimum atomic E-state index is -0.710. The van der Waals surface area contributed by atoms with Crippen molar-refractivity contribution in [2.24, 2.45) is 5.73 Å². The van der Waals surface area contributed by atoms with Crippen LogP contribution in [0.4, 0.5) is 14.5 Å². The summed E-state index contributed by atoms with van der Waals surface area (Å²) in [7, 11) is 0. The highest BCUT2D eigenvalue weighted by molar-refractivity contribution is 7.80. The molecule has 0 spiro atoms. The van der Waals surface area contributed by atoms with Gasteiger partial charge in [-0.1, -0.05) is 29.9 Å². The average molecular weight is 327 g/mol. The van der Waals surface area contributed by atoms with Crippen molar-refractivity contribution in [3.8, 4) is 0 Å². The van der Waals surface area contributed by atoms with Crippen LogP contribution in [0.25, 0.3) is 0 Å². The molecular formula is C14H9ClF2N2OS. The van der Waals surface area contributed by atoms with Crippen LogP contribution in [0.2, 0.25) is 5.02 Å². The zero-order valence-electron chi connectivity index (χ0n) is 10.5. The summed E-state index contributed by atoms with van der Waals surface area (Å²) in [6.07, 6.45) is 0. The Morgan fingerprint density at radius 2 is 1.90 bits per heavy atom. The van der Waals surface area contributed by atoms with Crippen LogP contribution in [0, 0.1) is 11.6 Å². The van der Waals surface area contributed by atoms with Crippen LogP contribution in [0.5, 0.6) is 0 Å². The van der Waals surface area contributed by atoms with E-state index in [9.17, 15) is 13.6 Å². The first-order valence-electron chi connectivity index (χ1n) is 5.75. The highest BCUT2D eigenvalue weighted by atomic mass is 35.5. The smallest absolute Gasteiger partial charge is 0.257 e. The van der Waals surface area contributed by atoms with Gasteiger partial charge in [0, 0.05) is 5.56 Å². The number of nitrogens with two attached hydrogens (primary N) is 1. The molecular weight excluding hydrogens is 318 g/mol. The molecule has 2 aromatic rings. The van der Waals surface area contributed by atoms with Gasteiger partial charge in [-0.25, -0.2) is 8.78 Å². The summed E-state index contributed by atoms with van der Waals surface area (Å²) >= 11 is 10.5. The van der Waals surface area contributed by atoms with Crippen molar-refractivity contribution < 1.29 is 13.6 Å². The van der Waals surface area contributed by atoms with Crippen molar-refractivity contribution in [1.82, 2.24) is 0 Å². The maximum atomic E-state index is 13.3. The fourth-order valence-electron chi connectivity index (χ4n) is 1.70. The van der Waals surface area contributed by atoms with Gasteiger partial charge < -0.3 is 11.1 Å². The molecule has 3 N–H and O–H groups in total. The number of hydrogen-bond acceptors (Lipinski definition) is 2. The van der Waals surface area contributed by atoms with Crippen LogP contribution in [-0.2, 0) is 0 Å². The van der Waals surface area contributed by atoms with Crippen LogP contribution in [0.15, 0.2) is 36.4 Å². The van der Waals surface area contributed by atoms with E-state index in [0.29, 0.717) is 0 Å². The van der Waals surface area contributed by atoms with E-state index in [-0.39, 0.29) is 26.8 Å². The first-order valence-corrected chi connectivity index (χ1v) is 6.53. The SMILES string of the molecule is NC(=S)c1cc(F)ccc1NC(=O)c1cccc(F)c1Cl. The standard InChI is InChI=1S/C14H9ClF2N2OS/c15-12-8(2-1-3-10(12)17)14(20)19-11-5-4-7(16)6-9(11)13(18)21/h1-6H,(H2,18,21)(H,19,20). The maximum absolute atomic E-state index is 13.3. The molecule has 7 heteroatoms. The van der Waals surface area contributed by atoms with E-state index in [0.717, 1.165) is 18.2 Å². The fourth-order valence-corrected chi connectivity index (χ4v) is 2.08. The van der Waals surface area contributed by atoms with E-state index in [4.69, 9.17) is 29.6 Å². The van der Waals surface area contributed by atoms with Crippen LogP contribution < -0.4 is 11.1 Å². The molecule has 0 unspecified atom stereocenters. The Morgan fingerprint density at radius 3 is 2.57 bits per heavy atom. The monoisotopic (exact) mass is 326 g/mol. The molecule has 0 heterocycles. The molecule has 0 atom stereocenters. The Kier molecular flexibility index (Phi) is 4.50. The van der Waals surface area contributed by atoms with E-state index in [1.54, 1.807) is 0 Å². The summed E-state index contributed by atoms with van der Waals surface area (Å²) in [5.41, 5.74) is 5.82. The van der Waals surface area contributed by atoms with Crippen molar-refractivity contribution in [1.29, 1.82) is 0 Å². The molecule has 2 aromatic carbocycles. The van der Waals surface area contributed by atoms with Crippen molar-refractivity contribution in [2.75, 3.05) is 5.32 Å². The van der Waals surface area contributed by atoms with E-state index < -0.39 is 17.5 Å². The molecule has 0 fully saturated rings. The van der Waals surface area contributed by atoms with Gasteiger partial charge in [0.1, 0.15) is 16.6 Å². The number of carbonyl (C=O) groups is 1. The van der Waals surface area contributed by atoms with Crippen LogP contribution in [-0.4, -0.2) is 10.9 Å². The molecule has 0 bridgehead atoms. The lowest BCUT2D eigenvalue weighted by molar-refractivity contribution is 0.102. The van der Waals surface area contributed by atoms with Crippen LogP contribution in [0.1, 0.15) is 15.9 Å². The third-order valence-electron chi connectivity index (χ3n) is 2.69. The number of rotatable bonds is 3. The second-order valence-electron chi connectivity index (χ2n) is 4.11. The zero-order valence-corrected chi connectivity index (χ0v) is 12.1. The molecule has 0 saturated heterocycles. The van der Waals surface area contributed by atoms with E-state index >= 15 is 0 Å². The summed E-state index contributed by atoms with van der Waals surface area (Å²) in [5.74, 6) is -1.90. The largest absolute Gasteiger partial charge is 0.389 e. The summed E-state index contributed by atoms with van der Waals surface area (Å²) in [4.78, 5) is 12.0. The molecule has 0 radical (unpaired) electrons. The number of carbonyl (C=O) groups excluding carboxylic acids is 1. The van der Waals surface area contributed by atoms with Gasteiger partial charge in [-0.2, -0.15) is 0 Å². The molecule has 0 aliphatic rings. The predicted octanol–water partition coefficient (Wildman–Crippen LogP) is 3.50. The number of hydrogen-bond donors (Lipinski definition) is 2. The number of nitrogens with one attached hydrogen (secondary N) is 1. The Morgan fingerprint density at radius 1 is 1.19 bits per heavy atom. The Hall–Kier alpha value is -2.05. The molecule has 1 amide bonds. The van der Waals surface area contributed by atoms with E-state index in [1.807, 2.05) is 0 Å². The Bertz CT molecular complexity index is 737. The van der Waals surface area contributed by atoms with Crippen LogP contribution in [0.3, 0.4) is 0 Å². The summed E-state index contributed by atoms with van der Waals surface area (Å²) in [5, 5.41) is 2.18. The molecule has 0 aliphatic carbocycles. The maximum Gasteiger partial charge on any atom is 0.257 e. The first kappa shape index (κ1) is 15.3. The number of halogens is 3. The average Bonchev–Trinajstić information content (AvgIpc) is 2.43. The van der Waals surface area contributed by atoms with Gasteiger partial charge >= 0.3 is 0 Å². The quantitative estimate of drug-likeness (QED) is 0.849. The molecule has 108 valence electrons. The normalized spacial score (nSPS) is 10.2. The highest BCUT2D eigenvalue weighted by Crippen LogP contribution is 2.22. The zero-order chi connectivity index (χ0) is 15.6. The Labute approximate surface area is 129 Å². The second kappa shape index (κ2) is 6.15. The topological polar surface area (TPSA) is 55.1 Å². The van der Waals surface area contributed by atoms with Gasteiger partial charge in [0.25, 0.3) is 5.91 Å². The van der Waals surface area contributed by atoms with Crippen molar-refractivity contribution >= 4 is 40.4 Å². The van der Waals surface area contributed by atoms with E-state index in [2.05, 4.69) is 5.32 Å². The van der Waals surface area contributed by atoms with Gasteiger partial charge in [0.15, 0.2) is 0 Å². The third-order valence-corrected chi connectivity index (χ3v) is 3.30. The van der Waals surface area contributed by atoms with Crippen molar-refractivity contribution in [3.63, 3.8) is 0 Å². The number of thiocarbonyl (C=S) groups is 1. The number of anilines is 1. The second-order valence-corrected chi connectivity index (χ2v) is 4.93. The molecule has 0 aromatic heterocycles. The predicted molar refractivity (Wildman–Crippen MR) is 81.7 cm³/mol.